The molecule has 0 radical (unpaired) electrons. The first kappa shape index (κ1) is 19.1. The van der Waals surface area contributed by atoms with Crippen molar-refractivity contribution in [1.82, 2.24) is 5.32 Å². The van der Waals surface area contributed by atoms with Crippen molar-refractivity contribution in [2.45, 2.75) is 50.5 Å². The summed E-state index contributed by atoms with van der Waals surface area (Å²) >= 11 is 0. The van der Waals surface area contributed by atoms with Crippen LogP contribution in [0.2, 0.25) is 0 Å². The van der Waals surface area contributed by atoms with Crippen LogP contribution in [0.15, 0.2) is 30.3 Å². The second-order valence-electron chi connectivity index (χ2n) is 9.58. The van der Waals surface area contributed by atoms with Crippen LogP contribution in [-0.2, 0) is 12.0 Å². The molecule has 6 rings (SSSR count). The lowest BCUT2D eigenvalue weighted by molar-refractivity contribution is -0.00617. The fourth-order valence-electron chi connectivity index (χ4n) is 6.60. The largest absolute Gasteiger partial charge is 0.508 e. The smallest absolute Gasteiger partial charge is 0.255 e. The number of rotatable bonds is 4. The van der Waals surface area contributed by atoms with Gasteiger partial charge in [0.05, 0.1) is 5.56 Å². The molecule has 0 aromatic heterocycles. The molecule has 5 N–H and O–H groups in total. The highest BCUT2D eigenvalue weighted by Gasteiger charge is 2.52. The standard InChI is InChI=1S/C24H27NO5/c26-17-2-1-16(20(27)6-17)12-25-23(30)18-7-19(22(29)8-21(18)28)24-9-13-3-14(10-24)5-15(4-13)11-24/h1-2,6-8,13-15,26-29H,3-5,9-12H2,(H,25,30). The fourth-order valence-corrected chi connectivity index (χ4v) is 6.60. The lowest BCUT2D eigenvalue weighted by Crippen LogP contribution is -2.48. The summed E-state index contributed by atoms with van der Waals surface area (Å²) in [5, 5.41) is 43.1. The van der Waals surface area contributed by atoms with E-state index in [1.807, 2.05) is 0 Å². The number of benzene rings is 2. The van der Waals surface area contributed by atoms with Crippen molar-refractivity contribution in [3.63, 3.8) is 0 Å². The van der Waals surface area contributed by atoms with E-state index in [1.165, 1.54) is 43.5 Å². The summed E-state index contributed by atoms with van der Waals surface area (Å²) in [5.74, 6) is 1.26. The molecule has 4 bridgehead atoms. The molecule has 0 spiro atoms. The first-order chi connectivity index (χ1) is 14.3. The van der Waals surface area contributed by atoms with Crippen LogP contribution in [0.25, 0.3) is 0 Å². The van der Waals surface area contributed by atoms with Gasteiger partial charge >= 0.3 is 0 Å². The highest BCUT2D eigenvalue weighted by atomic mass is 16.3. The van der Waals surface area contributed by atoms with E-state index in [1.54, 1.807) is 6.07 Å². The van der Waals surface area contributed by atoms with Crippen LogP contribution < -0.4 is 5.32 Å². The molecule has 4 aliphatic rings. The molecule has 4 saturated carbocycles. The predicted octanol–water partition coefficient (Wildman–Crippen LogP) is 3.91. The van der Waals surface area contributed by atoms with Crippen molar-refractivity contribution in [2.24, 2.45) is 17.8 Å². The minimum Gasteiger partial charge on any atom is -0.508 e. The highest BCUT2D eigenvalue weighted by molar-refractivity contribution is 5.97. The SMILES string of the molecule is O=C(NCc1ccc(O)cc1O)c1cc(C23CC4CC(CC(C4)C2)C3)c(O)cc1O. The molecular formula is C24H27NO5. The van der Waals surface area contributed by atoms with E-state index in [4.69, 9.17) is 0 Å². The third kappa shape index (κ3) is 3.15. The van der Waals surface area contributed by atoms with Crippen molar-refractivity contribution < 1.29 is 25.2 Å². The Kier molecular flexibility index (Phi) is 4.34. The van der Waals surface area contributed by atoms with Gasteiger partial charge in [-0.25, -0.2) is 0 Å². The Hall–Kier alpha value is -2.89. The average molecular weight is 409 g/mol. The van der Waals surface area contributed by atoms with E-state index in [2.05, 4.69) is 5.32 Å². The normalized spacial score (nSPS) is 29.1. The molecule has 6 nitrogen and oxygen atoms in total. The number of nitrogens with one attached hydrogen (secondary N) is 1. The lowest BCUT2D eigenvalue weighted by Gasteiger charge is -2.57. The summed E-state index contributed by atoms with van der Waals surface area (Å²) in [7, 11) is 0. The van der Waals surface area contributed by atoms with Gasteiger partial charge in [0.25, 0.3) is 5.91 Å². The van der Waals surface area contributed by atoms with Crippen molar-refractivity contribution in [3.05, 3.63) is 47.0 Å². The number of hydrogen-bond donors (Lipinski definition) is 5. The molecule has 0 aliphatic heterocycles. The Bertz CT molecular complexity index is 980. The molecule has 0 heterocycles. The Morgan fingerprint density at radius 3 is 2.10 bits per heavy atom. The Morgan fingerprint density at radius 1 is 0.867 bits per heavy atom. The molecule has 30 heavy (non-hydrogen) atoms. The van der Waals surface area contributed by atoms with Gasteiger partial charge < -0.3 is 25.7 Å². The highest BCUT2D eigenvalue weighted by Crippen LogP contribution is 2.62. The summed E-state index contributed by atoms with van der Waals surface area (Å²) in [6, 6.07) is 7.14. The van der Waals surface area contributed by atoms with Crippen molar-refractivity contribution in [1.29, 1.82) is 0 Å². The van der Waals surface area contributed by atoms with E-state index in [-0.39, 0.29) is 40.5 Å². The van der Waals surface area contributed by atoms with Crippen LogP contribution >= 0.6 is 0 Å². The molecule has 0 saturated heterocycles. The van der Waals surface area contributed by atoms with Gasteiger partial charge in [-0.05, 0) is 79.9 Å². The maximum atomic E-state index is 12.8. The first-order valence-corrected chi connectivity index (χ1v) is 10.7. The summed E-state index contributed by atoms with van der Waals surface area (Å²) in [6.45, 7) is 0.0535. The van der Waals surface area contributed by atoms with E-state index < -0.39 is 5.91 Å². The second-order valence-corrected chi connectivity index (χ2v) is 9.58. The van der Waals surface area contributed by atoms with Crippen LogP contribution in [-0.4, -0.2) is 26.3 Å². The van der Waals surface area contributed by atoms with Gasteiger partial charge in [-0.1, -0.05) is 0 Å². The predicted molar refractivity (Wildman–Crippen MR) is 111 cm³/mol. The molecule has 2 aromatic carbocycles. The van der Waals surface area contributed by atoms with Gasteiger partial charge in [0.1, 0.15) is 23.0 Å². The van der Waals surface area contributed by atoms with Gasteiger partial charge in [0.2, 0.25) is 0 Å². The van der Waals surface area contributed by atoms with E-state index in [0.29, 0.717) is 23.3 Å². The number of aromatic hydroxyl groups is 4. The Morgan fingerprint density at radius 2 is 1.50 bits per heavy atom. The van der Waals surface area contributed by atoms with Gasteiger partial charge in [0, 0.05) is 29.8 Å². The average Bonchev–Trinajstić information content (AvgIpc) is 2.66. The monoisotopic (exact) mass is 409 g/mol. The molecule has 0 unspecified atom stereocenters. The van der Waals surface area contributed by atoms with E-state index in [9.17, 15) is 25.2 Å². The zero-order valence-corrected chi connectivity index (χ0v) is 16.8. The van der Waals surface area contributed by atoms with Crippen LogP contribution in [0.4, 0.5) is 0 Å². The van der Waals surface area contributed by atoms with Crippen LogP contribution in [0.3, 0.4) is 0 Å². The molecule has 2 aromatic rings. The minimum absolute atomic E-state index is 0.0535. The number of hydrogen-bond acceptors (Lipinski definition) is 5. The maximum absolute atomic E-state index is 12.8. The molecule has 4 aliphatic carbocycles. The Balaban J connectivity index is 1.41. The number of phenols is 4. The van der Waals surface area contributed by atoms with E-state index >= 15 is 0 Å². The number of carbonyl (C=O) groups is 1. The third-order valence-corrected chi connectivity index (χ3v) is 7.48. The maximum Gasteiger partial charge on any atom is 0.255 e. The number of carbonyl (C=O) groups excluding carboxylic acids is 1. The van der Waals surface area contributed by atoms with Crippen LogP contribution in [0.5, 0.6) is 23.0 Å². The summed E-state index contributed by atoms with van der Waals surface area (Å²) in [6.07, 6.45) is 6.96. The van der Waals surface area contributed by atoms with Gasteiger partial charge in [0.15, 0.2) is 0 Å². The van der Waals surface area contributed by atoms with Crippen LogP contribution in [0, 0.1) is 17.8 Å². The molecular weight excluding hydrogens is 382 g/mol. The first-order valence-electron chi connectivity index (χ1n) is 10.7. The van der Waals surface area contributed by atoms with Gasteiger partial charge in [-0.3, -0.25) is 4.79 Å². The zero-order valence-electron chi connectivity index (χ0n) is 16.8. The third-order valence-electron chi connectivity index (χ3n) is 7.48. The summed E-state index contributed by atoms with van der Waals surface area (Å²) < 4.78 is 0. The molecule has 6 heteroatoms. The summed E-state index contributed by atoms with van der Waals surface area (Å²) in [4.78, 5) is 12.8. The van der Waals surface area contributed by atoms with Crippen molar-refractivity contribution in [2.75, 3.05) is 0 Å². The van der Waals surface area contributed by atoms with E-state index in [0.717, 1.165) is 24.8 Å². The molecule has 0 atom stereocenters. The number of amides is 1. The van der Waals surface area contributed by atoms with Crippen molar-refractivity contribution in [3.8, 4) is 23.0 Å². The zero-order chi connectivity index (χ0) is 21.0. The van der Waals surface area contributed by atoms with Crippen molar-refractivity contribution >= 4 is 5.91 Å². The molecule has 4 fully saturated rings. The van der Waals surface area contributed by atoms with Crippen LogP contribution in [0.1, 0.15) is 60.0 Å². The molecule has 158 valence electrons. The molecule has 1 amide bonds. The summed E-state index contributed by atoms with van der Waals surface area (Å²) in [5.41, 5.74) is 1.28. The quantitative estimate of drug-likeness (QED) is 0.526. The lowest BCUT2D eigenvalue weighted by atomic mass is 9.48. The minimum atomic E-state index is -0.467. The van der Waals surface area contributed by atoms with Gasteiger partial charge in [-0.15, -0.1) is 0 Å². The second kappa shape index (κ2) is 6.83. The number of phenolic OH excluding ortho intramolecular Hbond substituents is 4. The Labute approximate surface area is 175 Å². The topological polar surface area (TPSA) is 110 Å². The van der Waals surface area contributed by atoms with Gasteiger partial charge in [-0.2, -0.15) is 0 Å². The fraction of sp³-hybridized carbons (Fsp3) is 0.458.